The summed E-state index contributed by atoms with van der Waals surface area (Å²) in [4.78, 5) is 11.4. The van der Waals surface area contributed by atoms with E-state index in [0.717, 1.165) is 16.6 Å². The normalized spacial score (nSPS) is 11.1. The average molecular weight is 230 g/mol. The molecule has 0 radical (unpaired) electrons. The molecule has 6 heteroatoms. The first kappa shape index (κ1) is 9.98. The van der Waals surface area contributed by atoms with Gasteiger partial charge in [0, 0.05) is 23.3 Å². The molecule has 0 aliphatic rings. The summed E-state index contributed by atoms with van der Waals surface area (Å²) in [6.45, 7) is -0.00290. The summed E-state index contributed by atoms with van der Waals surface area (Å²) in [5.41, 5.74) is 1.64. The number of hydrogen-bond donors (Lipinski definition) is 2. The third kappa shape index (κ3) is 1.68. The maximum atomic E-state index is 8.79. The molecule has 0 atom stereocenters. The predicted octanol–water partition coefficient (Wildman–Crippen LogP) is 1.15. The van der Waals surface area contributed by atoms with Gasteiger partial charge in [-0.15, -0.1) is 0 Å². The third-order valence-corrected chi connectivity index (χ3v) is 2.49. The first-order valence-corrected chi connectivity index (χ1v) is 5.24. The topological polar surface area (TPSA) is 87.8 Å². The quantitative estimate of drug-likeness (QED) is 0.704. The van der Waals surface area contributed by atoms with Crippen LogP contribution in [0.25, 0.3) is 22.4 Å². The predicted molar refractivity (Wildman–Crippen MR) is 60.2 cm³/mol. The molecule has 0 saturated carbocycles. The number of aliphatic hydroxyl groups excluding tert-OH is 1. The number of nitrogens with one attached hydrogen (secondary N) is 1. The number of pyridine rings is 1. The summed E-state index contributed by atoms with van der Waals surface area (Å²) in [5, 5.41) is 13.6. The van der Waals surface area contributed by atoms with Crippen LogP contribution in [-0.2, 0) is 6.42 Å². The number of aromatic amines is 1. The second-order valence-corrected chi connectivity index (χ2v) is 3.59. The highest BCUT2D eigenvalue weighted by Gasteiger charge is 2.12. The highest BCUT2D eigenvalue weighted by Crippen LogP contribution is 2.24. The van der Waals surface area contributed by atoms with Crippen molar-refractivity contribution in [1.82, 2.24) is 20.1 Å². The van der Waals surface area contributed by atoms with Crippen molar-refractivity contribution in [2.24, 2.45) is 0 Å². The molecule has 0 bridgehead atoms. The van der Waals surface area contributed by atoms with E-state index in [9.17, 15) is 0 Å². The van der Waals surface area contributed by atoms with Crippen molar-refractivity contribution in [3.63, 3.8) is 0 Å². The van der Waals surface area contributed by atoms with E-state index in [1.54, 1.807) is 12.4 Å². The van der Waals surface area contributed by atoms with Crippen molar-refractivity contribution in [3.8, 4) is 11.4 Å². The van der Waals surface area contributed by atoms with Gasteiger partial charge in [-0.25, -0.2) is 4.98 Å². The number of nitrogens with zero attached hydrogens (tertiary/aromatic N) is 3. The Labute approximate surface area is 96.3 Å². The van der Waals surface area contributed by atoms with Crippen LogP contribution in [0.15, 0.2) is 29.0 Å². The number of H-pyrrole nitrogens is 1. The van der Waals surface area contributed by atoms with Crippen LogP contribution >= 0.6 is 0 Å². The van der Waals surface area contributed by atoms with Gasteiger partial charge in [0.15, 0.2) is 0 Å². The molecule has 0 fully saturated rings. The van der Waals surface area contributed by atoms with Crippen LogP contribution in [0.1, 0.15) is 5.89 Å². The molecule has 0 aliphatic heterocycles. The smallest absolute Gasteiger partial charge is 0.229 e. The molecular formula is C11H10N4O2. The fourth-order valence-electron chi connectivity index (χ4n) is 1.70. The Morgan fingerprint density at radius 2 is 2.35 bits per heavy atom. The molecule has 0 aromatic carbocycles. The van der Waals surface area contributed by atoms with E-state index in [4.69, 9.17) is 9.63 Å². The Morgan fingerprint density at radius 3 is 3.24 bits per heavy atom. The van der Waals surface area contributed by atoms with E-state index in [0.29, 0.717) is 18.1 Å². The van der Waals surface area contributed by atoms with Gasteiger partial charge in [-0.05, 0) is 12.1 Å². The van der Waals surface area contributed by atoms with Crippen LogP contribution in [-0.4, -0.2) is 31.8 Å². The van der Waals surface area contributed by atoms with Crippen molar-refractivity contribution in [3.05, 3.63) is 30.4 Å². The lowest BCUT2D eigenvalue weighted by molar-refractivity contribution is 0.274. The third-order valence-electron chi connectivity index (χ3n) is 2.49. The number of fused-ring (bicyclic) bond motifs is 1. The molecular weight excluding hydrogens is 220 g/mol. The summed E-state index contributed by atoms with van der Waals surface area (Å²) in [6.07, 6.45) is 3.88. The van der Waals surface area contributed by atoms with Crippen LogP contribution in [0.4, 0.5) is 0 Å². The average Bonchev–Trinajstić information content (AvgIpc) is 2.95. The minimum absolute atomic E-state index is 0.00290. The number of aromatic nitrogens is 4. The van der Waals surface area contributed by atoms with Crippen LogP contribution in [0, 0.1) is 0 Å². The number of hydrogen-bond acceptors (Lipinski definition) is 5. The molecule has 0 aliphatic carbocycles. The van der Waals surface area contributed by atoms with E-state index in [2.05, 4.69) is 20.1 Å². The molecule has 0 unspecified atom stereocenters. The zero-order chi connectivity index (χ0) is 11.7. The zero-order valence-electron chi connectivity index (χ0n) is 8.92. The van der Waals surface area contributed by atoms with Gasteiger partial charge in [-0.1, -0.05) is 5.16 Å². The molecule has 3 rings (SSSR count). The molecule has 17 heavy (non-hydrogen) atoms. The minimum Gasteiger partial charge on any atom is -0.396 e. The van der Waals surface area contributed by atoms with Crippen molar-refractivity contribution in [1.29, 1.82) is 0 Å². The first-order chi connectivity index (χ1) is 8.38. The molecule has 3 aromatic heterocycles. The SMILES string of the molecule is OCCc1nc(-c2c[nH]c3ncccc23)no1. The van der Waals surface area contributed by atoms with Crippen molar-refractivity contribution in [2.75, 3.05) is 6.61 Å². The van der Waals surface area contributed by atoms with Crippen LogP contribution < -0.4 is 0 Å². The van der Waals surface area contributed by atoms with Gasteiger partial charge in [0.2, 0.25) is 11.7 Å². The fourth-order valence-corrected chi connectivity index (χ4v) is 1.70. The molecule has 6 nitrogen and oxygen atoms in total. The Balaban J connectivity index is 2.07. The monoisotopic (exact) mass is 230 g/mol. The van der Waals surface area contributed by atoms with E-state index in [1.807, 2.05) is 12.1 Å². The number of rotatable bonds is 3. The van der Waals surface area contributed by atoms with Crippen LogP contribution in [0.3, 0.4) is 0 Å². The van der Waals surface area contributed by atoms with Crippen molar-refractivity contribution in [2.45, 2.75) is 6.42 Å². The Kier molecular flexibility index (Phi) is 2.34. The lowest BCUT2D eigenvalue weighted by Crippen LogP contribution is -1.89. The summed E-state index contributed by atoms with van der Waals surface area (Å²) >= 11 is 0. The molecule has 3 heterocycles. The highest BCUT2D eigenvalue weighted by molar-refractivity contribution is 5.91. The molecule has 0 saturated heterocycles. The second kappa shape index (κ2) is 3.99. The Bertz CT molecular complexity index is 644. The summed E-state index contributed by atoms with van der Waals surface area (Å²) in [7, 11) is 0. The first-order valence-electron chi connectivity index (χ1n) is 5.24. The summed E-state index contributed by atoms with van der Waals surface area (Å²) < 4.78 is 5.02. The minimum atomic E-state index is -0.00290. The van der Waals surface area contributed by atoms with E-state index in [1.165, 1.54) is 0 Å². The van der Waals surface area contributed by atoms with Crippen LogP contribution in [0.5, 0.6) is 0 Å². The van der Waals surface area contributed by atoms with E-state index >= 15 is 0 Å². The molecule has 0 amide bonds. The van der Waals surface area contributed by atoms with Crippen LogP contribution in [0.2, 0.25) is 0 Å². The maximum absolute atomic E-state index is 8.79. The van der Waals surface area contributed by atoms with Gasteiger partial charge >= 0.3 is 0 Å². The van der Waals surface area contributed by atoms with E-state index in [-0.39, 0.29) is 6.61 Å². The van der Waals surface area contributed by atoms with Gasteiger partial charge < -0.3 is 14.6 Å². The van der Waals surface area contributed by atoms with Crippen molar-refractivity contribution >= 4 is 11.0 Å². The van der Waals surface area contributed by atoms with Gasteiger partial charge in [0.1, 0.15) is 5.65 Å². The van der Waals surface area contributed by atoms with Gasteiger partial charge in [0.25, 0.3) is 0 Å². The Morgan fingerprint density at radius 1 is 1.41 bits per heavy atom. The van der Waals surface area contributed by atoms with Gasteiger partial charge in [-0.3, -0.25) is 0 Å². The highest BCUT2D eigenvalue weighted by atomic mass is 16.5. The summed E-state index contributed by atoms with van der Waals surface area (Å²) in [5.74, 6) is 0.938. The van der Waals surface area contributed by atoms with Gasteiger partial charge in [0.05, 0.1) is 13.0 Å². The lowest BCUT2D eigenvalue weighted by Gasteiger charge is -1.90. The maximum Gasteiger partial charge on any atom is 0.229 e. The molecule has 2 N–H and O–H groups in total. The Hall–Kier alpha value is -2.21. The van der Waals surface area contributed by atoms with E-state index < -0.39 is 0 Å². The zero-order valence-corrected chi connectivity index (χ0v) is 8.92. The lowest BCUT2D eigenvalue weighted by atomic mass is 10.2. The van der Waals surface area contributed by atoms with Crippen molar-refractivity contribution < 1.29 is 9.63 Å². The number of aliphatic hydroxyl groups is 1. The summed E-state index contributed by atoms with van der Waals surface area (Å²) in [6, 6.07) is 3.80. The second-order valence-electron chi connectivity index (χ2n) is 3.59. The largest absolute Gasteiger partial charge is 0.396 e. The fraction of sp³-hybridized carbons (Fsp3) is 0.182. The molecule has 3 aromatic rings. The standard InChI is InChI=1S/C11H10N4O2/c16-5-3-9-14-11(15-17-9)8-6-13-10-7(8)2-1-4-12-10/h1-2,4,6,16H,3,5H2,(H,12,13). The molecule has 86 valence electrons. The molecule has 0 spiro atoms. The van der Waals surface area contributed by atoms with Gasteiger partial charge in [-0.2, -0.15) is 4.98 Å².